The summed E-state index contributed by atoms with van der Waals surface area (Å²) in [5.74, 6) is 2.49. The minimum absolute atomic E-state index is 0.382. The highest BCUT2D eigenvalue weighted by atomic mass is 32.2. The van der Waals surface area contributed by atoms with Crippen molar-refractivity contribution < 1.29 is 5.11 Å². The molecule has 2 heterocycles. The van der Waals surface area contributed by atoms with Crippen LogP contribution >= 0.6 is 23.1 Å². The Balaban J connectivity index is 1.61. The summed E-state index contributed by atoms with van der Waals surface area (Å²) in [6, 6.07) is 11.0. The first kappa shape index (κ1) is 13.4. The van der Waals surface area contributed by atoms with Gasteiger partial charge in [0.05, 0.1) is 0 Å². The molecule has 1 aromatic heterocycles. The van der Waals surface area contributed by atoms with Gasteiger partial charge in [0.25, 0.3) is 0 Å². The molecule has 102 valence electrons. The summed E-state index contributed by atoms with van der Waals surface area (Å²) in [6.07, 6.45) is 2.07. The third-order valence-electron chi connectivity index (χ3n) is 3.59. The highest BCUT2D eigenvalue weighted by Gasteiger charge is 2.16. The molecular weight excluding hydrogens is 274 g/mol. The Morgan fingerprint density at radius 3 is 2.84 bits per heavy atom. The van der Waals surface area contributed by atoms with Crippen LogP contribution in [0.3, 0.4) is 0 Å². The molecule has 2 N–H and O–H groups in total. The van der Waals surface area contributed by atoms with Crippen molar-refractivity contribution in [3.8, 4) is 0 Å². The van der Waals surface area contributed by atoms with Crippen molar-refractivity contribution in [2.75, 3.05) is 18.1 Å². The number of rotatable bonds is 4. The van der Waals surface area contributed by atoms with Crippen molar-refractivity contribution in [3.05, 3.63) is 35.2 Å². The first-order valence-corrected chi connectivity index (χ1v) is 8.78. The number of thioether (sulfide) groups is 1. The second-order valence-corrected chi connectivity index (χ2v) is 7.34. The zero-order valence-electron chi connectivity index (χ0n) is 10.8. The van der Waals surface area contributed by atoms with Crippen LogP contribution in [-0.4, -0.2) is 29.2 Å². The normalized spacial score (nSPS) is 18.8. The molecule has 1 unspecified atom stereocenters. The molecule has 1 aliphatic heterocycles. The van der Waals surface area contributed by atoms with E-state index >= 15 is 0 Å². The highest BCUT2D eigenvalue weighted by Crippen LogP contribution is 2.29. The number of nitrogens with one attached hydrogen (secondary N) is 1. The third kappa shape index (κ3) is 3.31. The zero-order valence-corrected chi connectivity index (χ0v) is 12.5. The van der Waals surface area contributed by atoms with Gasteiger partial charge in [0.2, 0.25) is 0 Å². The predicted octanol–water partition coefficient (Wildman–Crippen LogP) is 3.42. The quantitative estimate of drug-likeness (QED) is 0.906. The average Bonchev–Trinajstić information content (AvgIpc) is 2.90. The lowest BCUT2D eigenvalue weighted by atomic mass is 10.1. The molecule has 1 fully saturated rings. The predicted molar refractivity (Wildman–Crippen MR) is 85.1 cm³/mol. The molecule has 0 bridgehead atoms. The minimum atomic E-state index is -0.382. The maximum atomic E-state index is 10.3. The van der Waals surface area contributed by atoms with Crippen molar-refractivity contribution >= 4 is 33.2 Å². The molecule has 0 radical (unpaired) electrons. The Morgan fingerprint density at radius 1 is 1.26 bits per heavy atom. The van der Waals surface area contributed by atoms with Gasteiger partial charge < -0.3 is 10.4 Å². The Hall–Kier alpha value is -0.550. The molecule has 1 saturated heterocycles. The molecule has 0 amide bonds. The fourth-order valence-electron chi connectivity index (χ4n) is 2.45. The van der Waals surface area contributed by atoms with Gasteiger partial charge in [-0.15, -0.1) is 11.3 Å². The molecule has 2 nitrogen and oxygen atoms in total. The molecule has 2 aromatic rings. The summed E-state index contributed by atoms with van der Waals surface area (Å²) in [4.78, 5) is 1.07. The fourth-order valence-corrected chi connectivity index (χ4v) is 4.60. The van der Waals surface area contributed by atoms with E-state index in [2.05, 4.69) is 23.5 Å². The van der Waals surface area contributed by atoms with E-state index in [0.717, 1.165) is 4.88 Å². The molecule has 0 aliphatic carbocycles. The van der Waals surface area contributed by atoms with Gasteiger partial charge in [0.15, 0.2) is 0 Å². The van der Waals surface area contributed by atoms with E-state index < -0.39 is 0 Å². The summed E-state index contributed by atoms with van der Waals surface area (Å²) < 4.78 is 1.26. The second kappa shape index (κ2) is 6.27. The van der Waals surface area contributed by atoms with Crippen LogP contribution < -0.4 is 5.32 Å². The second-order valence-electron chi connectivity index (χ2n) is 5.00. The van der Waals surface area contributed by atoms with Gasteiger partial charge >= 0.3 is 0 Å². The third-order valence-corrected chi connectivity index (χ3v) is 5.86. The van der Waals surface area contributed by atoms with Crippen molar-refractivity contribution in [2.45, 2.75) is 25.0 Å². The minimum Gasteiger partial charge on any atom is -0.386 e. The van der Waals surface area contributed by atoms with E-state index in [1.54, 1.807) is 11.3 Å². The highest BCUT2D eigenvalue weighted by molar-refractivity contribution is 7.99. The van der Waals surface area contributed by atoms with Gasteiger partial charge in [0.1, 0.15) is 6.10 Å². The van der Waals surface area contributed by atoms with E-state index in [-0.39, 0.29) is 6.10 Å². The average molecular weight is 293 g/mol. The number of hydrogen-bond donors (Lipinski definition) is 2. The van der Waals surface area contributed by atoms with Gasteiger partial charge in [-0.3, -0.25) is 0 Å². The van der Waals surface area contributed by atoms with E-state index in [0.29, 0.717) is 12.6 Å². The van der Waals surface area contributed by atoms with Crippen LogP contribution in [0.25, 0.3) is 10.1 Å². The Bertz CT molecular complexity index is 501. The number of fused-ring (bicyclic) bond motifs is 1. The van der Waals surface area contributed by atoms with Gasteiger partial charge in [-0.25, -0.2) is 0 Å². The molecule has 3 rings (SSSR count). The maximum Gasteiger partial charge on any atom is 0.101 e. The van der Waals surface area contributed by atoms with Crippen molar-refractivity contribution in [1.82, 2.24) is 5.32 Å². The number of benzene rings is 1. The van der Waals surface area contributed by atoms with Crippen molar-refractivity contribution in [3.63, 3.8) is 0 Å². The van der Waals surface area contributed by atoms with E-state index in [4.69, 9.17) is 0 Å². The van der Waals surface area contributed by atoms with Crippen LogP contribution in [0.1, 0.15) is 23.8 Å². The summed E-state index contributed by atoms with van der Waals surface area (Å²) in [7, 11) is 0. The Morgan fingerprint density at radius 2 is 2.05 bits per heavy atom. The first-order valence-electron chi connectivity index (χ1n) is 6.80. The van der Waals surface area contributed by atoms with Gasteiger partial charge in [-0.1, -0.05) is 18.2 Å². The molecule has 0 spiro atoms. The van der Waals surface area contributed by atoms with E-state index in [1.165, 1.54) is 34.4 Å². The van der Waals surface area contributed by atoms with Gasteiger partial charge in [0, 0.05) is 22.2 Å². The number of thiophene rings is 1. The summed E-state index contributed by atoms with van der Waals surface area (Å²) in [5.41, 5.74) is 0. The number of aliphatic hydroxyl groups is 1. The lowest BCUT2D eigenvalue weighted by molar-refractivity contribution is 0.172. The summed E-state index contributed by atoms with van der Waals surface area (Å²) >= 11 is 3.73. The molecule has 19 heavy (non-hydrogen) atoms. The monoisotopic (exact) mass is 293 g/mol. The Labute approximate surface area is 122 Å². The maximum absolute atomic E-state index is 10.3. The van der Waals surface area contributed by atoms with Crippen LogP contribution in [-0.2, 0) is 0 Å². The molecule has 0 saturated carbocycles. The topological polar surface area (TPSA) is 32.3 Å². The van der Waals surface area contributed by atoms with Gasteiger partial charge in [-0.2, -0.15) is 11.8 Å². The standard InChI is InChI=1S/C15H19NOS2/c17-13(10-16-12-5-7-18-8-6-12)15-9-11-3-1-2-4-14(11)19-15/h1-4,9,12-13,16-17H,5-8,10H2. The lowest BCUT2D eigenvalue weighted by Gasteiger charge is -2.23. The molecular formula is C15H19NOS2. The van der Waals surface area contributed by atoms with Crippen LogP contribution in [0.5, 0.6) is 0 Å². The Kier molecular flexibility index (Phi) is 4.43. The molecule has 1 aliphatic rings. The van der Waals surface area contributed by atoms with Crippen LogP contribution in [0, 0.1) is 0 Å². The summed E-state index contributed by atoms with van der Waals surface area (Å²) in [5, 5.41) is 15.0. The summed E-state index contributed by atoms with van der Waals surface area (Å²) in [6.45, 7) is 0.669. The lowest BCUT2D eigenvalue weighted by Crippen LogP contribution is -2.35. The van der Waals surface area contributed by atoms with Crippen molar-refractivity contribution in [1.29, 1.82) is 0 Å². The zero-order chi connectivity index (χ0) is 13.1. The molecule has 1 aromatic carbocycles. The van der Waals surface area contributed by atoms with E-state index in [9.17, 15) is 5.11 Å². The van der Waals surface area contributed by atoms with Crippen LogP contribution in [0.15, 0.2) is 30.3 Å². The SMILES string of the molecule is OC(CNC1CCSCC1)c1cc2ccccc2s1. The number of aliphatic hydroxyl groups excluding tert-OH is 1. The van der Waals surface area contributed by atoms with Crippen LogP contribution in [0.4, 0.5) is 0 Å². The number of hydrogen-bond acceptors (Lipinski definition) is 4. The fraction of sp³-hybridized carbons (Fsp3) is 0.467. The first-order chi connectivity index (χ1) is 9.33. The molecule has 4 heteroatoms. The smallest absolute Gasteiger partial charge is 0.101 e. The largest absolute Gasteiger partial charge is 0.386 e. The molecule has 1 atom stereocenters. The van der Waals surface area contributed by atoms with Crippen LogP contribution in [0.2, 0.25) is 0 Å². The van der Waals surface area contributed by atoms with Crippen molar-refractivity contribution in [2.24, 2.45) is 0 Å². The van der Waals surface area contributed by atoms with E-state index in [1.807, 2.05) is 23.9 Å². The van der Waals surface area contributed by atoms with Gasteiger partial charge in [-0.05, 0) is 41.9 Å².